The largest absolute Gasteiger partial charge is 0.376 e. The van der Waals surface area contributed by atoms with Gasteiger partial charge >= 0.3 is 0 Å². The van der Waals surface area contributed by atoms with Crippen molar-refractivity contribution in [1.29, 1.82) is 0 Å². The van der Waals surface area contributed by atoms with Crippen molar-refractivity contribution in [2.24, 2.45) is 0 Å². The van der Waals surface area contributed by atoms with Gasteiger partial charge in [0.15, 0.2) is 0 Å². The Morgan fingerprint density at radius 3 is 2.76 bits per heavy atom. The van der Waals surface area contributed by atoms with Crippen LogP contribution in [0.5, 0.6) is 0 Å². The van der Waals surface area contributed by atoms with Crippen molar-refractivity contribution in [3.8, 4) is 0 Å². The van der Waals surface area contributed by atoms with Crippen molar-refractivity contribution in [2.75, 3.05) is 17.2 Å². The Balaban J connectivity index is 1.62. The molecule has 5 heteroatoms. The SMILES string of the molecule is Cc1nc2ccc(NCC(=O)Nc3ccccc3)cc2s1. The van der Waals surface area contributed by atoms with Crippen LogP contribution < -0.4 is 10.6 Å². The van der Waals surface area contributed by atoms with E-state index in [1.54, 1.807) is 11.3 Å². The first-order chi connectivity index (χ1) is 10.2. The number of fused-ring (bicyclic) bond motifs is 1. The topological polar surface area (TPSA) is 54.0 Å². The number of aromatic nitrogens is 1. The third-order valence-corrected chi connectivity index (χ3v) is 3.94. The maximum absolute atomic E-state index is 11.9. The molecule has 0 unspecified atom stereocenters. The van der Waals surface area contributed by atoms with Crippen molar-refractivity contribution >= 4 is 38.8 Å². The van der Waals surface area contributed by atoms with Gasteiger partial charge in [-0.25, -0.2) is 4.98 Å². The molecule has 1 aromatic heterocycles. The molecule has 0 saturated carbocycles. The highest BCUT2D eigenvalue weighted by Crippen LogP contribution is 2.24. The minimum atomic E-state index is -0.0678. The fraction of sp³-hybridized carbons (Fsp3) is 0.125. The molecule has 2 N–H and O–H groups in total. The summed E-state index contributed by atoms with van der Waals surface area (Å²) in [4.78, 5) is 16.3. The van der Waals surface area contributed by atoms with Crippen LogP contribution in [-0.2, 0) is 4.79 Å². The van der Waals surface area contributed by atoms with E-state index >= 15 is 0 Å². The molecule has 0 fully saturated rings. The monoisotopic (exact) mass is 297 g/mol. The van der Waals surface area contributed by atoms with Crippen molar-refractivity contribution in [3.63, 3.8) is 0 Å². The quantitative estimate of drug-likeness (QED) is 0.773. The molecular formula is C16H15N3OS. The Hall–Kier alpha value is -2.40. The molecule has 106 valence electrons. The molecule has 0 spiro atoms. The van der Waals surface area contributed by atoms with Gasteiger partial charge in [-0.15, -0.1) is 11.3 Å². The lowest BCUT2D eigenvalue weighted by atomic mass is 10.3. The number of aryl methyl sites for hydroxylation is 1. The second-order valence-corrected chi connectivity index (χ2v) is 5.92. The van der Waals surface area contributed by atoms with Crippen LogP contribution in [0.2, 0.25) is 0 Å². The second-order valence-electron chi connectivity index (χ2n) is 4.68. The van der Waals surface area contributed by atoms with Crippen LogP contribution in [0, 0.1) is 6.92 Å². The van der Waals surface area contributed by atoms with Crippen molar-refractivity contribution in [3.05, 3.63) is 53.5 Å². The number of rotatable bonds is 4. The summed E-state index contributed by atoms with van der Waals surface area (Å²) in [5, 5.41) is 7.02. The van der Waals surface area contributed by atoms with Gasteiger partial charge in [0.25, 0.3) is 0 Å². The number of para-hydroxylation sites is 1. The summed E-state index contributed by atoms with van der Waals surface area (Å²) in [7, 11) is 0. The number of thiazole rings is 1. The summed E-state index contributed by atoms with van der Waals surface area (Å²) in [6, 6.07) is 15.4. The third kappa shape index (κ3) is 3.38. The zero-order chi connectivity index (χ0) is 14.7. The summed E-state index contributed by atoms with van der Waals surface area (Å²) in [6.07, 6.45) is 0. The highest BCUT2D eigenvalue weighted by atomic mass is 32.1. The van der Waals surface area contributed by atoms with E-state index in [1.807, 2.05) is 55.5 Å². The minimum absolute atomic E-state index is 0.0678. The van der Waals surface area contributed by atoms with Gasteiger partial charge in [0.05, 0.1) is 21.8 Å². The average Bonchev–Trinajstić information content (AvgIpc) is 2.85. The van der Waals surface area contributed by atoms with Crippen LogP contribution in [0.1, 0.15) is 5.01 Å². The highest BCUT2D eigenvalue weighted by molar-refractivity contribution is 7.18. The molecule has 1 heterocycles. The predicted octanol–water partition coefficient (Wildman–Crippen LogP) is 3.66. The van der Waals surface area contributed by atoms with E-state index in [1.165, 1.54) is 0 Å². The maximum atomic E-state index is 11.9. The molecule has 21 heavy (non-hydrogen) atoms. The van der Waals surface area contributed by atoms with Crippen molar-refractivity contribution < 1.29 is 4.79 Å². The smallest absolute Gasteiger partial charge is 0.243 e. The molecule has 0 atom stereocenters. The molecule has 1 amide bonds. The van der Waals surface area contributed by atoms with Gasteiger partial charge in [-0.05, 0) is 37.3 Å². The van der Waals surface area contributed by atoms with E-state index in [-0.39, 0.29) is 12.5 Å². The number of anilines is 2. The number of nitrogens with zero attached hydrogens (tertiary/aromatic N) is 1. The van der Waals surface area contributed by atoms with Crippen molar-refractivity contribution in [1.82, 2.24) is 4.98 Å². The molecule has 0 radical (unpaired) electrons. The molecule has 0 saturated heterocycles. The van der Waals surface area contributed by atoms with Crippen LogP contribution >= 0.6 is 11.3 Å². The molecule has 0 aliphatic carbocycles. The van der Waals surface area contributed by atoms with Crippen LogP contribution in [0.25, 0.3) is 10.2 Å². The fourth-order valence-electron chi connectivity index (χ4n) is 2.06. The lowest BCUT2D eigenvalue weighted by Crippen LogP contribution is -2.21. The molecule has 3 rings (SSSR count). The van der Waals surface area contributed by atoms with E-state index in [0.29, 0.717) is 0 Å². The summed E-state index contributed by atoms with van der Waals surface area (Å²) in [5.74, 6) is -0.0678. The fourth-order valence-corrected chi connectivity index (χ4v) is 2.93. The molecular weight excluding hydrogens is 282 g/mol. The molecule has 0 aliphatic heterocycles. The first-order valence-electron chi connectivity index (χ1n) is 6.67. The van der Waals surface area contributed by atoms with Crippen LogP contribution in [0.4, 0.5) is 11.4 Å². The van der Waals surface area contributed by atoms with Crippen LogP contribution in [0.3, 0.4) is 0 Å². The summed E-state index contributed by atoms with van der Waals surface area (Å²) in [6.45, 7) is 2.23. The number of hydrogen-bond donors (Lipinski definition) is 2. The Morgan fingerprint density at radius 1 is 1.14 bits per heavy atom. The van der Waals surface area contributed by atoms with E-state index < -0.39 is 0 Å². The molecule has 2 aromatic carbocycles. The summed E-state index contributed by atoms with van der Waals surface area (Å²) >= 11 is 1.65. The number of hydrogen-bond acceptors (Lipinski definition) is 4. The number of carbonyl (C=O) groups excluding carboxylic acids is 1. The van der Waals surface area contributed by atoms with E-state index in [4.69, 9.17) is 0 Å². The van der Waals surface area contributed by atoms with Gasteiger partial charge in [0, 0.05) is 11.4 Å². The third-order valence-electron chi connectivity index (χ3n) is 3.01. The van der Waals surface area contributed by atoms with Crippen molar-refractivity contribution in [2.45, 2.75) is 6.92 Å². The number of nitrogens with one attached hydrogen (secondary N) is 2. The Bertz CT molecular complexity index is 768. The number of carbonyl (C=O) groups is 1. The van der Waals surface area contributed by atoms with Gasteiger partial charge in [0.2, 0.25) is 5.91 Å². The molecule has 4 nitrogen and oxygen atoms in total. The zero-order valence-corrected chi connectivity index (χ0v) is 12.4. The summed E-state index contributed by atoms with van der Waals surface area (Å²) < 4.78 is 1.13. The van der Waals surface area contributed by atoms with Gasteiger partial charge in [-0.3, -0.25) is 4.79 Å². The lowest BCUT2D eigenvalue weighted by Gasteiger charge is -2.07. The zero-order valence-electron chi connectivity index (χ0n) is 11.6. The summed E-state index contributed by atoms with van der Waals surface area (Å²) in [5.41, 5.74) is 2.73. The molecule has 3 aromatic rings. The minimum Gasteiger partial charge on any atom is -0.376 e. The first kappa shape index (κ1) is 13.6. The normalized spacial score (nSPS) is 10.5. The second kappa shape index (κ2) is 5.93. The first-order valence-corrected chi connectivity index (χ1v) is 7.48. The Labute approximate surface area is 126 Å². The van der Waals surface area contributed by atoms with Gasteiger partial charge < -0.3 is 10.6 Å². The lowest BCUT2D eigenvalue weighted by molar-refractivity contribution is -0.114. The molecule has 0 aliphatic rings. The van der Waals surface area contributed by atoms with E-state index in [0.717, 1.165) is 26.6 Å². The van der Waals surface area contributed by atoms with Gasteiger partial charge in [-0.2, -0.15) is 0 Å². The maximum Gasteiger partial charge on any atom is 0.243 e. The van der Waals surface area contributed by atoms with Gasteiger partial charge in [0.1, 0.15) is 0 Å². The standard InChI is InChI=1S/C16H15N3OS/c1-11-18-14-8-7-13(9-15(14)21-11)17-10-16(20)19-12-5-3-2-4-6-12/h2-9,17H,10H2,1H3,(H,19,20). The predicted molar refractivity (Wildman–Crippen MR) is 87.9 cm³/mol. The highest BCUT2D eigenvalue weighted by Gasteiger charge is 2.04. The van der Waals surface area contributed by atoms with Gasteiger partial charge in [-0.1, -0.05) is 18.2 Å². The Kier molecular flexibility index (Phi) is 3.83. The average molecular weight is 297 g/mol. The van der Waals surface area contributed by atoms with Crippen LogP contribution in [-0.4, -0.2) is 17.4 Å². The van der Waals surface area contributed by atoms with E-state index in [2.05, 4.69) is 15.6 Å². The number of benzene rings is 2. The van der Waals surface area contributed by atoms with Crippen LogP contribution in [0.15, 0.2) is 48.5 Å². The van der Waals surface area contributed by atoms with E-state index in [9.17, 15) is 4.79 Å². The Morgan fingerprint density at radius 2 is 1.95 bits per heavy atom. The number of amides is 1. The molecule has 0 bridgehead atoms.